The fraction of sp³-hybridized carbons (Fsp3) is 0.438. The fourth-order valence-corrected chi connectivity index (χ4v) is 3.55. The summed E-state index contributed by atoms with van der Waals surface area (Å²) in [5, 5.41) is 5.63. The number of hydrogen-bond acceptors (Lipinski definition) is 4. The first kappa shape index (κ1) is 16.0. The first-order chi connectivity index (χ1) is 10.6. The predicted molar refractivity (Wildman–Crippen MR) is 85.1 cm³/mol. The number of fused-ring (bicyclic) bond motifs is 2. The Kier molecular flexibility index (Phi) is 4.12. The Morgan fingerprint density at radius 3 is 2.65 bits per heavy atom. The van der Waals surface area contributed by atoms with Gasteiger partial charge in [0.15, 0.2) is 0 Å². The van der Waals surface area contributed by atoms with Crippen LogP contribution in [0.1, 0.15) is 39.9 Å². The molecule has 6 nitrogen and oxygen atoms in total. The molecule has 23 heavy (non-hydrogen) atoms. The summed E-state index contributed by atoms with van der Waals surface area (Å²) >= 11 is 0. The van der Waals surface area contributed by atoms with E-state index in [4.69, 9.17) is 0 Å². The second kappa shape index (κ2) is 5.94. The SMILES string of the molecule is Cl.O=C1CCC(N2Cc3cc4c(cc3C2=O)CNCC4)C(=O)N1. The number of imide groups is 1. The Morgan fingerprint density at radius 1 is 1.04 bits per heavy atom. The van der Waals surface area contributed by atoms with Crippen LogP contribution < -0.4 is 10.6 Å². The van der Waals surface area contributed by atoms with E-state index in [0.29, 0.717) is 18.5 Å². The number of piperidine rings is 1. The van der Waals surface area contributed by atoms with Gasteiger partial charge < -0.3 is 10.2 Å². The molecule has 0 radical (unpaired) electrons. The highest BCUT2D eigenvalue weighted by molar-refractivity contribution is 6.05. The zero-order chi connectivity index (χ0) is 15.3. The predicted octanol–water partition coefficient (Wildman–Crippen LogP) is 0.515. The van der Waals surface area contributed by atoms with Crippen LogP contribution in [-0.4, -0.2) is 35.2 Å². The van der Waals surface area contributed by atoms with Crippen molar-refractivity contribution in [2.75, 3.05) is 6.54 Å². The maximum Gasteiger partial charge on any atom is 0.255 e. The largest absolute Gasteiger partial charge is 0.322 e. The molecule has 3 aliphatic heterocycles. The molecule has 0 aromatic heterocycles. The van der Waals surface area contributed by atoms with Crippen molar-refractivity contribution in [3.63, 3.8) is 0 Å². The second-order valence-electron chi connectivity index (χ2n) is 6.10. The third-order valence-corrected chi connectivity index (χ3v) is 4.73. The third-order valence-electron chi connectivity index (χ3n) is 4.73. The molecule has 0 spiro atoms. The molecule has 1 aromatic carbocycles. The van der Waals surface area contributed by atoms with Crippen LogP contribution in [0.3, 0.4) is 0 Å². The van der Waals surface area contributed by atoms with E-state index < -0.39 is 6.04 Å². The zero-order valence-corrected chi connectivity index (χ0v) is 13.4. The molecule has 1 atom stereocenters. The number of nitrogens with one attached hydrogen (secondary N) is 2. The van der Waals surface area contributed by atoms with E-state index in [-0.39, 0.29) is 36.5 Å². The number of amides is 3. The van der Waals surface area contributed by atoms with Gasteiger partial charge in [-0.2, -0.15) is 0 Å². The summed E-state index contributed by atoms with van der Waals surface area (Å²) in [6.45, 7) is 2.20. The van der Waals surface area contributed by atoms with Gasteiger partial charge in [0.05, 0.1) is 0 Å². The first-order valence-electron chi connectivity index (χ1n) is 7.63. The molecule has 2 N–H and O–H groups in total. The average molecular weight is 336 g/mol. The molecule has 1 fully saturated rings. The van der Waals surface area contributed by atoms with Gasteiger partial charge in [-0.25, -0.2) is 0 Å². The molecule has 3 heterocycles. The highest BCUT2D eigenvalue weighted by Crippen LogP contribution is 2.30. The van der Waals surface area contributed by atoms with Gasteiger partial charge in [0, 0.05) is 25.1 Å². The van der Waals surface area contributed by atoms with Crippen molar-refractivity contribution in [3.05, 3.63) is 34.4 Å². The number of halogens is 1. The normalized spacial score (nSPS) is 23.0. The van der Waals surface area contributed by atoms with E-state index in [9.17, 15) is 14.4 Å². The van der Waals surface area contributed by atoms with E-state index in [0.717, 1.165) is 25.1 Å². The summed E-state index contributed by atoms with van der Waals surface area (Å²) < 4.78 is 0. The van der Waals surface area contributed by atoms with Gasteiger partial charge in [-0.3, -0.25) is 19.7 Å². The Morgan fingerprint density at radius 2 is 1.87 bits per heavy atom. The lowest BCUT2D eigenvalue weighted by molar-refractivity contribution is -0.136. The summed E-state index contributed by atoms with van der Waals surface area (Å²) in [5.74, 6) is -0.714. The van der Waals surface area contributed by atoms with Gasteiger partial charge in [-0.05, 0) is 42.1 Å². The molecule has 7 heteroatoms. The Labute approximate surface area is 140 Å². The van der Waals surface area contributed by atoms with Crippen LogP contribution in [0.4, 0.5) is 0 Å². The minimum Gasteiger partial charge on any atom is -0.322 e. The van der Waals surface area contributed by atoms with Crippen LogP contribution in [0.25, 0.3) is 0 Å². The molecule has 0 saturated carbocycles. The standard InChI is InChI=1S/C16H17N3O3.ClH/c20-14-2-1-13(15(21)18-14)19-8-11-5-9-3-4-17-7-10(9)6-12(11)16(19)22;/h5-6,13,17H,1-4,7-8H2,(H,18,20,21);1H. The van der Waals surface area contributed by atoms with E-state index in [1.54, 1.807) is 4.90 Å². The smallest absolute Gasteiger partial charge is 0.255 e. The maximum atomic E-state index is 12.6. The third kappa shape index (κ3) is 2.62. The fourth-order valence-electron chi connectivity index (χ4n) is 3.55. The highest BCUT2D eigenvalue weighted by atomic mass is 35.5. The van der Waals surface area contributed by atoms with Gasteiger partial charge in [0.25, 0.3) is 5.91 Å². The lowest BCUT2D eigenvalue weighted by Crippen LogP contribution is -2.52. The Bertz CT molecular complexity index is 704. The van der Waals surface area contributed by atoms with E-state index in [1.165, 1.54) is 11.1 Å². The first-order valence-corrected chi connectivity index (χ1v) is 7.63. The van der Waals surface area contributed by atoms with Crippen LogP contribution >= 0.6 is 12.4 Å². The zero-order valence-electron chi connectivity index (χ0n) is 12.6. The molecule has 4 rings (SSSR count). The number of benzene rings is 1. The van der Waals surface area contributed by atoms with E-state index in [1.807, 2.05) is 6.07 Å². The number of carbonyl (C=O) groups is 3. The number of rotatable bonds is 1. The van der Waals surface area contributed by atoms with Crippen molar-refractivity contribution in [3.8, 4) is 0 Å². The summed E-state index contributed by atoms with van der Waals surface area (Å²) in [6, 6.07) is 3.54. The summed E-state index contributed by atoms with van der Waals surface area (Å²) in [6.07, 6.45) is 1.66. The molecular weight excluding hydrogens is 318 g/mol. The molecule has 0 aliphatic carbocycles. The second-order valence-corrected chi connectivity index (χ2v) is 6.10. The maximum absolute atomic E-state index is 12.6. The molecular formula is C16H18ClN3O3. The Hall–Kier alpha value is -1.92. The van der Waals surface area contributed by atoms with Gasteiger partial charge >= 0.3 is 0 Å². The molecule has 1 aromatic rings. The lowest BCUT2D eigenvalue weighted by atomic mass is 9.95. The van der Waals surface area contributed by atoms with Crippen molar-refractivity contribution < 1.29 is 14.4 Å². The quantitative estimate of drug-likeness (QED) is 0.733. The van der Waals surface area contributed by atoms with Crippen molar-refractivity contribution in [1.82, 2.24) is 15.5 Å². The van der Waals surface area contributed by atoms with Crippen LogP contribution in [-0.2, 0) is 29.1 Å². The highest BCUT2D eigenvalue weighted by Gasteiger charge is 2.39. The minimum atomic E-state index is -0.534. The summed E-state index contributed by atoms with van der Waals surface area (Å²) in [4.78, 5) is 37.5. The van der Waals surface area contributed by atoms with Crippen molar-refractivity contribution in [1.29, 1.82) is 0 Å². The molecule has 3 amide bonds. The van der Waals surface area contributed by atoms with Crippen LogP contribution in [0, 0.1) is 0 Å². The topological polar surface area (TPSA) is 78.5 Å². The van der Waals surface area contributed by atoms with E-state index in [2.05, 4.69) is 16.7 Å². The average Bonchev–Trinajstić information content (AvgIpc) is 2.82. The minimum absolute atomic E-state index is 0. The molecule has 0 bridgehead atoms. The van der Waals surface area contributed by atoms with Crippen LogP contribution in [0.15, 0.2) is 12.1 Å². The summed E-state index contributed by atoms with van der Waals surface area (Å²) in [5.41, 5.74) is 4.15. The van der Waals surface area contributed by atoms with Gasteiger partial charge in [-0.15, -0.1) is 12.4 Å². The molecule has 122 valence electrons. The Balaban J connectivity index is 0.00000156. The van der Waals surface area contributed by atoms with E-state index >= 15 is 0 Å². The molecule has 1 unspecified atom stereocenters. The molecule has 3 aliphatic rings. The van der Waals surface area contributed by atoms with Gasteiger partial charge in [-0.1, -0.05) is 6.07 Å². The van der Waals surface area contributed by atoms with Gasteiger partial charge in [0.1, 0.15) is 6.04 Å². The van der Waals surface area contributed by atoms with Crippen molar-refractivity contribution in [2.24, 2.45) is 0 Å². The monoisotopic (exact) mass is 335 g/mol. The van der Waals surface area contributed by atoms with Crippen LogP contribution in [0.5, 0.6) is 0 Å². The van der Waals surface area contributed by atoms with Crippen molar-refractivity contribution in [2.45, 2.75) is 38.4 Å². The number of hydrogen-bond donors (Lipinski definition) is 2. The lowest BCUT2D eigenvalue weighted by Gasteiger charge is -2.29. The number of carbonyl (C=O) groups excluding carboxylic acids is 3. The van der Waals surface area contributed by atoms with Crippen molar-refractivity contribution >= 4 is 30.1 Å². The van der Waals surface area contributed by atoms with Crippen LogP contribution in [0.2, 0.25) is 0 Å². The molecule has 1 saturated heterocycles. The van der Waals surface area contributed by atoms with Gasteiger partial charge in [0.2, 0.25) is 11.8 Å². The number of nitrogens with zero attached hydrogens (tertiary/aromatic N) is 1. The summed E-state index contributed by atoms with van der Waals surface area (Å²) in [7, 11) is 0.